The molecule has 0 saturated carbocycles. The third-order valence-corrected chi connectivity index (χ3v) is 13.0. The van der Waals surface area contributed by atoms with Crippen molar-refractivity contribution in [3.63, 3.8) is 0 Å². The summed E-state index contributed by atoms with van der Waals surface area (Å²) in [5.41, 5.74) is 14.7. The van der Waals surface area contributed by atoms with E-state index in [0.717, 1.165) is 17.1 Å². The molecule has 1 heterocycles. The molecule has 0 spiro atoms. The number of para-hydroxylation sites is 3. The van der Waals surface area contributed by atoms with E-state index in [-0.39, 0.29) is 5.41 Å². The van der Waals surface area contributed by atoms with Gasteiger partial charge in [-0.25, -0.2) is 0 Å². The van der Waals surface area contributed by atoms with Gasteiger partial charge in [-0.2, -0.15) is 0 Å². The Morgan fingerprint density at radius 1 is 0.356 bits per heavy atom. The highest BCUT2D eigenvalue weighted by Crippen LogP contribution is 2.54. The van der Waals surface area contributed by atoms with Crippen molar-refractivity contribution in [3.8, 4) is 27.9 Å². The fraction of sp³-hybridized carbons (Fsp3) is 0.0526. The number of aromatic nitrogens is 1. The second-order valence-corrected chi connectivity index (χ2v) is 16.5. The Morgan fingerprint density at radius 2 is 0.881 bits per heavy atom. The fourth-order valence-corrected chi connectivity index (χ4v) is 10.2. The predicted molar refractivity (Wildman–Crippen MR) is 251 cm³/mol. The maximum atomic E-state index is 2.44. The molecule has 2 nitrogen and oxygen atoms in total. The topological polar surface area (TPSA) is 8.17 Å². The average molecular weight is 753 g/mol. The van der Waals surface area contributed by atoms with Gasteiger partial charge in [0.15, 0.2) is 0 Å². The van der Waals surface area contributed by atoms with Gasteiger partial charge in [-0.1, -0.05) is 159 Å². The first-order chi connectivity index (χ1) is 29.0. The molecular weight excluding hydrogens is 713 g/mol. The van der Waals surface area contributed by atoms with Crippen molar-refractivity contribution >= 4 is 71.2 Å². The van der Waals surface area contributed by atoms with Gasteiger partial charge in [-0.05, 0) is 126 Å². The minimum atomic E-state index is -0.194. The van der Waals surface area contributed by atoms with Crippen molar-refractivity contribution in [2.75, 3.05) is 4.90 Å². The summed E-state index contributed by atoms with van der Waals surface area (Å²) >= 11 is 0. The molecule has 1 aliphatic carbocycles. The number of benzene rings is 10. The molecule has 0 amide bonds. The molecule has 0 saturated heterocycles. The van der Waals surface area contributed by atoms with E-state index in [1.165, 1.54) is 93.2 Å². The zero-order valence-corrected chi connectivity index (χ0v) is 33.0. The number of hydrogen-bond acceptors (Lipinski definition) is 1. The van der Waals surface area contributed by atoms with Gasteiger partial charge < -0.3 is 9.47 Å². The van der Waals surface area contributed by atoms with Gasteiger partial charge >= 0.3 is 0 Å². The number of anilines is 3. The lowest BCUT2D eigenvalue weighted by Crippen LogP contribution is -2.16. The molecule has 0 unspecified atom stereocenters. The molecule has 0 bridgehead atoms. The third-order valence-electron chi connectivity index (χ3n) is 13.0. The van der Waals surface area contributed by atoms with Crippen molar-refractivity contribution in [1.82, 2.24) is 4.57 Å². The van der Waals surface area contributed by atoms with Crippen LogP contribution in [-0.4, -0.2) is 4.57 Å². The van der Waals surface area contributed by atoms with Crippen LogP contribution in [0.3, 0.4) is 0 Å². The lowest BCUT2D eigenvalue weighted by Gasteiger charge is -2.28. The van der Waals surface area contributed by atoms with Gasteiger partial charge in [0.2, 0.25) is 0 Å². The standard InChI is InChI=1S/C57H40N2/c1-57(2)52-24-14-23-42(37-27-29-39(30-28-37)59-54-25-12-10-21-48(54)49-22-11-13-26-55(49)59)56(52)50-34-32-41(36-53(50)57)58(38-15-4-3-5-16-38)40-31-33-47-45-19-7-6-17-43(45)44-18-8-9-20-46(44)51(47)35-40/h3-36H,1-2H3. The molecule has 0 radical (unpaired) electrons. The highest BCUT2D eigenvalue weighted by molar-refractivity contribution is 6.25. The Balaban J connectivity index is 0.989. The average Bonchev–Trinajstić information content (AvgIpc) is 3.75. The molecule has 11 aromatic rings. The van der Waals surface area contributed by atoms with Crippen molar-refractivity contribution in [1.29, 1.82) is 0 Å². The molecule has 2 heteroatoms. The summed E-state index contributed by atoms with van der Waals surface area (Å²) in [5.74, 6) is 0. The summed E-state index contributed by atoms with van der Waals surface area (Å²) in [7, 11) is 0. The monoisotopic (exact) mass is 752 g/mol. The van der Waals surface area contributed by atoms with Gasteiger partial charge in [0.25, 0.3) is 0 Å². The smallest absolute Gasteiger partial charge is 0.0541 e. The van der Waals surface area contributed by atoms with E-state index in [4.69, 9.17) is 0 Å². The zero-order valence-electron chi connectivity index (χ0n) is 33.0. The molecule has 1 aromatic heterocycles. The SMILES string of the molecule is CC1(C)c2cc(N(c3ccccc3)c3ccc4c5ccccc5c5ccccc5c4c3)ccc2-c2c(-c3ccc(-n4c5ccccc5c5ccccc54)cc3)cccc21. The lowest BCUT2D eigenvalue weighted by molar-refractivity contribution is 0.660. The lowest BCUT2D eigenvalue weighted by atomic mass is 9.81. The van der Waals surface area contributed by atoms with Crippen molar-refractivity contribution < 1.29 is 0 Å². The van der Waals surface area contributed by atoms with Crippen LogP contribution in [0.1, 0.15) is 25.0 Å². The second kappa shape index (κ2) is 12.8. The molecule has 1 aliphatic rings. The van der Waals surface area contributed by atoms with E-state index in [1.807, 2.05) is 0 Å². The number of hydrogen-bond donors (Lipinski definition) is 0. The maximum Gasteiger partial charge on any atom is 0.0541 e. The highest BCUT2D eigenvalue weighted by atomic mass is 15.1. The largest absolute Gasteiger partial charge is 0.310 e. The van der Waals surface area contributed by atoms with Gasteiger partial charge in [0.1, 0.15) is 0 Å². The summed E-state index contributed by atoms with van der Waals surface area (Å²) in [5, 5.41) is 10.2. The normalized spacial score (nSPS) is 13.1. The quantitative estimate of drug-likeness (QED) is 0.159. The second-order valence-electron chi connectivity index (χ2n) is 16.5. The van der Waals surface area contributed by atoms with E-state index in [2.05, 4.69) is 230 Å². The minimum Gasteiger partial charge on any atom is -0.310 e. The number of rotatable bonds is 5. The van der Waals surface area contributed by atoms with E-state index < -0.39 is 0 Å². The molecule has 12 rings (SSSR count). The van der Waals surface area contributed by atoms with Gasteiger partial charge in [-0.3, -0.25) is 0 Å². The van der Waals surface area contributed by atoms with Gasteiger partial charge in [0, 0.05) is 38.9 Å². The Kier molecular flexibility index (Phi) is 7.31. The van der Waals surface area contributed by atoms with E-state index in [9.17, 15) is 0 Å². The van der Waals surface area contributed by atoms with Crippen molar-refractivity contribution in [2.24, 2.45) is 0 Å². The molecule has 0 fully saturated rings. The first-order valence-corrected chi connectivity index (χ1v) is 20.6. The van der Waals surface area contributed by atoms with Gasteiger partial charge in [0.05, 0.1) is 11.0 Å². The molecule has 0 aliphatic heterocycles. The van der Waals surface area contributed by atoms with Crippen molar-refractivity contribution in [2.45, 2.75) is 19.3 Å². The molecular formula is C57H40N2. The van der Waals surface area contributed by atoms with Crippen LogP contribution in [0.4, 0.5) is 17.1 Å². The number of fused-ring (bicyclic) bond motifs is 12. The summed E-state index contributed by atoms with van der Waals surface area (Å²) < 4.78 is 2.39. The van der Waals surface area contributed by atoms with Crippen LogP contribution in [0, 0.1) is 0 Å². The summed E-state index contributed by atoms with van der Waals surface area (Å²) in [4.78, 5) is 2.43. The Hall–Kier alpha value is -7.42. The van der Waals surface area contributed by atoms with E-state index in [1.54, 1.807) is 0 Å². The van der Waals surface area contributed by atoms with E-state index in [0.29, 0.717) is 0 Å². The Bertz CT molecular complexity index is 3370. The van der Waals surface area contributed by atoms with Crippen LogP contribution >= 0.6 is 0 Å². The highest BCUT2D eigenvalue weighted by Gasteiger charge is 2.37. The van der Waals surface area contributed by atoms with Crippen LogP contribution < -0.4 is 4.90 Å². The molecule has 10 aromatic carbocycles. The zero-order chi connectivity index (χ0) is 39.2. The third kappa shape index (κ3) is 5.00. The Morgan fingerprint density at radius 3 is 1.53 bits per heavy atom. The molecule has 0 N–H and O–H groups in total. The number of nitrogens with zero attached hydrogens (tertiary/aromatic N) is 2. The van der Waals surface area contributed by atoms with Crippen LogP contribution in [0.25, 0.3) is 82.1 Å². The maximum absolute atomic E-state index is 2.44. The fourth-order valence-electron chi connectivity index (χ4n) is 10.2. The van der Waals surface area contributed by atoms with Crippen LogP contribution in [-0.2, 0) is 5.41 Å². The summed E-state index contributed by atoms with van der Waals surface area (Å²) in [6, 6.07) is 76.1. The first kappa shape index (κ1) is 33.7. The van der Waals surface area contributed by atoms with Gasteiger partial charge in [-0.15, -0.1) is 0 Å². The van der Waals surface area contributed by atoms with Crippen LogP contribution in [0.5, 0.6) is 0 Å². The van der Waals surface area contributed by atoms with Crippen LogP contribution in [0.15, 0.2) is 206 Å². The predicted octanol–water partition coefficient (Wildman–Crippen LogP) is 15.7. The molecule has 59 heavy (non-hydrogen) atoms. The summed E-state index contributed by atoms with van der Waals surface area (Å²) in [6.07, 6.45) is 0. The van der Waals surface area contributed by atoms with E-state index >= 15 is 0 Å². The molecule has 278 valence electrons. The first-order valence-electron chi connectivity index (χ1n) is 20.6. The Labute approximate surface area is 343 Å². The minimum absolute atomic E-state index is 0.194. The van der Waals surface area contributed by atoms with Crippen LogP contribution in [0.2, 0.25) is 0 Å². The van der Waals surface area contributed by atoms with Crippen molar-refractivity contribution in [3.05, 3.63) is 217 Å². The summed E-state index contributed by atoms with van der Waals surface area (Å²) in [6.45, 7) is 4.77. The molecule has 0 atom stereocenters.